The molecule has 25 heavy (non-hydrogen) atoms. The first kappa shape index (κ1) is 18.7. The fourth-order valence-corrected chi connectivity index (χ4v) is 2.05. The molecule has 0 heterocycles. The molecule has 2 aromatic rings. The maximum Gasteiger partial charge on any atom is 0.416 e. The summed E-state index contributed by atoms with van der Waals surface area (Å²) in [6.45, 7) is -0.526. The van der Waals surface area contributed by atoms with E-state index in [1.54, 1.807) is 0 Å². The molecule has 0 aromatic heterocycles. The third-order valence-electron chi connectivity index (χ3n) is 3.06. The van der Waals surface area contributed by atoms with E-state index in [-0.39, 0.29) is 16.3 Å². The average molecular weight is 375 g/mol. The van der Waals surface area contributed by atoms with Crippen molar-refractivity contribution in [3.05, 3.63) is 64.4 Å². The van der Waals surface area contributed by atoms with Gasteiger partial charge >= 0.3 is 6.18 Å². The first-order valence-corrected chi connectivity index (χ1v) is 7.25. The average Bonchev–Trinajstić information content (AvgIpc) is 2.53. The summed E-state index contributed by atoms with van der Waals surface area (Å²) < 4.78 is 51.0. The normalized spacial score (nSPS) is 11.1. The van der Waals surface area contributed by atoms with Crippen LogP contribution in [0.4, 0.5) is 23.2 Å². The minimum absolute atomic E-state index is 0.00454. The molecule has 2 aromatic carbocycles. The van der Waals surface area contributed by atoms with Crippen LogP contribution in [0.25, 0.3) is 0 Å². The number of halogens is 5. The van der Waals surface area contributed by atoms with Crippen LogP contribution in [0.1, 0.15) is 15.9 Å². The lowest BCUT2D eigenvalue weighted by atomic mass is 10.2. The van der Waals surface area contributed by atoms with Gasteiger partial charge in [0.2, 0.25) is 5.91 Å². The van der Waals surface area contributed by atoms with E-state index in [1.807, 2.05) is 0 Å². The van der Waals surface area contributed by atoms with Crippen LogP contribution < -0.4 is 10.6 Å². The Labute approximate surface area is 144 Å². The maximum atomic E-state index is 13.0. The number of hydrogen-bond donors (Lipinski definition) is 2. The number of alkyl halides is 3. The highest BCUT2D eigenvalue weighted by molar-refractivity contribution is 6.33. The quantitative estimate of drug-likeness (QED) is 0.798. The van der Waals surface area contributed by atoms with Crippen molar-refractivity contribution in [3.8, 4) is 0 Å². The molecule has 2 amide bonds. The second kappa shape index (κ2) is 7.52. The summed E-state index contributed by atoms with van der Waals surface area (Å²) in [6, 6.07) is 7.28. The zero-order valence-electron chi connectivity index (χ0n) is 12.5. The fourth-order valence-electron chi connectivity index (χ4n) is 1.88. The van der Waals surface area contributed by atoms with E-state index in [1.165, 1.54) is 12.1 Å². The number of carbonyl (C=O) groups excluding carboxylic acids is 2. The van der Waals surface area contributed by atoms with Crippen LogP contribution in [0.5, 0.6) is 0 Å². The second-order valence-corrected chi connectivity index (χ2v) is 5.34. The van der Waals surface area contributed by atoms with Gasteiger partial charge in [0.05, 0.1) is 22.8 Å². The molecule has 0 aliphatic carbocycles. The van der Waals surface area contributed by atoms with Gasteiger partial charge in [-0.15, -0.1) is 0 Å². The number of amides is 2. The van der Waals surface area contributed by atoms with Gasteiger partial charge in [-0.05, 0) is 36.4 Å². The van der Waals surface area contributed by atoms with Gasteiger partial charge in [0.25, 0.3) is 5.91 Å². The summed E-state index contributed by atoms with van der Waals surface area (Å²) >= 11 is 5.76. The Hall–Kier alpha value is -2.61. The van der Waals surface area contributed by atoms with Gasteiger partial charge in [-0.25, -0.2) is 4.39 Å². The van der Waals surface area contributed by atoms with Gasteiger partial charge in [-0.2, -0.15) is 13.2 Å². The molecule has 0 saturated heterocycles. The lowest BCUT2D eigenvalue weighted by Crippen LogP contribution is -2.33. The molecular formula is C16H11ClF4N2O2. The van der Waals surface area contributed by atoms with Gasteiger partial charge in [0.15, 0.2) is 0 Å². The number of anilines is 1. The zero-order chi connectivity index (χ0) is 18.6. The summed E-state index contributed by atoms with van der Waals surface area (Å²) in [5, 5.41) is 4.32. The summed E-state index contributed by atoms with van der Waals surface area (Å²) in [5.41, 5.74) is -1.21. The van der Waals surface area contributed by atoms with Crippen molar-refractivity contribution >= 4 is 29.1 Å². The Kier molecular flexibility index (Phi) is 5.63. The molecule has 0 aliphatic heterocycles. The predicted molar refractivity (Wildman–Crippen MR) is 83.8 cm³/mol. The van der Waals surface area contributed by atoms with Crippen LogP contribution >= 0.6 is 11.6 Å². The zero-order valence-corrected chi connectivity index (χ0v) is 13.2. The Morgan fingerprint density at radius 1 is 1.08 bits per heavy atom. The minimum atomic E-state index is -4.59. The highest BCUT2D eigenvalue weighted by atomic mass is 35.5. The third-order valence-corrected chi connectivity index (χ3v) is 3.39. The molecular weight excluding hydrogens is 364 g/mol. The molecule has 0 atom stereocenters. The minimum Gasteiger partial charge on any atom is -0.343 e. The van der Waals surface area contributed by atoms with Gasteiger partial charge in [-0.3, -0.25) is 9.59 Å². The molecule has 0 fully saturated rings. The topological polar surface area (TPSA) is 58.2 Å². The molecule has 0 aliphatic rings. The smallest absolute Gasteiger partial charge is 0.343 e. The van der Waals surface area contributed by atoms with E-state index in [9.17, 15) is 27.2 Å². The first-order valence-electron chi connectivity index (χ1n) is 6.87. The summed E-state index contributed by atoms with van der Waals surface area (Å²) in [6.07, 6.45) is -4.59. The highest BCUT2D eigenvalue weighted by Crippen LogP contribution is 2.33. The number of hydrogen-bond acceptors (Lipinski definition) is 2. The van der Waals surface area contributed by atoms with E-state index in [4.69, 9.17) is 11.6 Å². The Morgan fingerprint density at radius 2 is 1.80 bits per heavy atom. The van der Waals surface area contributed by atoms with Crippen LogP contribution in [0, 0.1) is 5.82 Å². The molecule has 2 rings (SSSR count). The molecule has 0 unspecified atom stereocenters. The lowest BCUT2D eigenvalue weighted by Gasteiger charge is -2.12. The molecule has 9 heteroatoms. The maximum absolute atomic E-state index is 13.0. The summed E-state index contributed by atoms with van der Waals surface area (Å²) in [4.78, 5) is 23.6. The van der Waals surface area contributed by atoms with Crippen molar-refractivity contribution in [2.45, 2.75) is 6.18 Å². The van der Waals surface area contributed by atoms with E-state index in [0.717, 1.165) is 24.3 Å². The van der Waals surface area contributed by atoms with Crippen molar-refractivity contribution in [2.24, 2.45) is 0 Å². The highest BCUT2D eigenvalue weighted by Gasteiger charge is 2.31. The van der Waals surface area contributed by atoms with E-state index in [2.05, 4.69) is 10.6 Å². The van der Waals surface area contributed by atoms with Crippen molar-refractivity contribution in [2.75, 3.05) is 11.9 Å². The molecule has 4 nitrogen and oxygen atoms in total. The molecule has 0 bridgehead atoms. The monoisotopic (exact) mass is 374 g/mol. The molecule has 0 radical (unpaired) electrons. The van der Waals surface area contributed by atoms with Crippen molar-refractivity contribution in [1.82, 2.24) is 5.32 Å². The SMILES string of the molecule is O=C(CNC(=O)c1cccc(F)c1)Nc1cc(C(F)(F)F)ccc1Cl. The van der Waals surface area contributed by atoms with Crippen LogP contribution in [0.3, 0.4) is 0 Å². The van der Waals surface area contributed by atoms with Gasteiger partial charge in [-0.1, -0.05) is 17.7 Å². The standard InChI is InChI=1S/C16H11ClF4N2O2/c17-12-5-4-10(16(19,20)21)7-13(12)23-14(24)8-22-15(25)9-2-1-3-11(18)6-9/h1-7H,8H2,(H,22,25)(H,23,24). The van der Waals surface area contributed by atoms with Gasteiger partial charge < -0.3 is 10.6 Å². The molecule has 2 N–H and O–H groups in total. The summed E-state index contributed by atoms with van der Waals surface area (Å²) in [5.74, 6) is -2.11. The van der Waals surface area contributed by atoms with Crippen LogP contribution in [-0.4, -0.2) is 18.4 Å². The predicted octanol–water partition coefficient (Wildman–Crippen LogP) is 3.87. The molecule has 0 spiro atoms. The van der Waals surface area contributed by atoms with Crippen LogP contribution in [0.15, 0.2) is 42.5 Å². The molecule has 0 saturated carbocycles. The first-order chi connectivity index (χ1) is 11.7. The number of benzene rings is 2. The second-order valence-electron chi connectivity index (χ2n) is 4.93. The Balaban J connectivity index is 2.00. The van der Waals surface area contributed by atoms with Crippen LogP contribution in [-0.2, 0) is 11.0 Å². The molecule has 132 valence electrons. The number of carbonyl (C=O) groups is 2. The Morgan fingerprint density at radius 3 is 2.44 bits per heavy atom. The van der Waals surface area contributed by atoms with E-state index < -0.39 is 35.9 Å². The van der Waals surface area contributed by atoms with Crippen LogP contribution in [0.2, 0.25) is 5.02 Å². The summed E-state index contributed by atoms with van der Waals surface area (Å²) in [7, 11) is 0. The number of rotatable bonds is 4. The van der Waals surface area contributed by atoms with Gasteiger partial charge in [0, 0.05) is 5.56 Å². The van der Waals surface area contributed by atoms with Gasteiger partial charge in [0.1, 0.15) is 5.82 Å². The van der Waals surface area contributed by atoms with E-state index in [0.29, 0.717) is 6.07 Å². The van der Waals surface area contributed by atoms with Crippen molar-refractivity contribution < 1.29 is 27.2 Å². The fraction of sp³-hybridized carbons (Fsp3) is 0.125. The van der Waals surface area contributed by atoms with E-state index >= 15 is 0 Å². The third kappa shape index (κ3) is 5.18. The lowest BCUT2D eigenvalue weighted by molar-refractivity contribution is -0.137. The Bertz CT molecular complexity index is 809. The van der Waals surface area contributed by atoms with Crippen molar-refractivity contribution in [1.29, 1.82) is 0 Å². The number of nitrogens with one attached hydrogen (secondary N) is 2. The van der Waals surface area contributed by atoms with Crippen molar-refractivity contribution in [3.63, 3.8) is 0 Å². The largest absolute Gasteiger partial charge is 0.416 e.